The van der Waals surface area contributed by atoms with Crippen LogP contribution in [0.5, 0.6) is 0 Å². The molecule has 0 bridgehead atoms. The number of aromatic amines is 1. The zero-order chi connectivity index (χ0) is 15.5. The van der Waals surface area contributed by atoms with E-state index in [2.05, 4.69) is 20.8 Å². The fourth-order valence-corrected chi connectivity index (χ4v) is 1.57. The van der Waals surface area contributed by atoms with Crippen molar-refractivity contribution in [1.29, 1.82) is 0 Å². The van der Waals surface area contributed by atoms with Crippen molar-refractivity contribution in [2.24, 2.45) is 0 Å². The number of aromatic nitrogens is 2. The fraction of sp³-hybridized carbons (Fsp3) is 0.154. The van der Waals surface area contributed by atoms with E-state index in [1.165, 1.54) is 30.7 Å². The number of hydrogen-bond acceptors (Lipinski definition) is 3. The maximum atomic E-state index is 13.2. The Balaban J connectivity index is 2.02. The van der Waals surface area contributed by atoms with E-state index in [1.807, 2.05) is 0 Å². The largest absolute Gasteiger partial charge is 0.341 e. The number of carbonyl (C=O) groups is 2. The second kappa shape index (κ2) is 5.70. The van der Waals surface area contributed by atoms with Gasteiger partial charge in [0.2, 0.25) is 0 Å². The fourth-order valence-electron chi connectivity index (χ4n) is 1.57. The maximum Gasteiger partial charge on any atom is 0.287 e. The molecule has 0 aliphatic rings. The first-order valence-electron chi connectivity index (χ1n) is 5.95. The maximum absolute atomic E-state index is 13.2. The van der Waals surface area contributed by atoms with E-state index in [1.54, 1.807) is 0 Å². The Morgan fingerprint density at radius 2 is 1.95 bits per heavy atom. The van der Waals surface area contributed by atoms with Gasteiger partial charge < -0.3 is 4.98 Å². The smallest absolute Gasteiger partial charge is 0.287 e. The van der Waals surface area contributed by atoms with Gasteiger partial charge in [0.05, 0.1) is 12.5 Å². The van der Waals surface area contributed by atoms with Crippen LogP contribution in [-0.4, -0.2) is 21.8 Å². The summed E-state index contributed by atoms with van der Waals surface area (Å²) in [5, 5.41) is 0. The first-order valence-corrected chi connectivity index (χ1v) is 5.95. The lowest BCUT2D eigenvalue weighted by Crippen LogP contribution is -2.41. The average Bonchev–Trinajstić information content (AvgIpc) is 2.98. The molecule has 1 heterocycles. The molecule has 0 atom stereocenters. The number of halogens is 2. The van der Waals surface area contributed by atoms with Crippen molar-refractivity contribution in [2.45, 2.75) is 12.8 Å². The summed E-state index contributed by atoms with van der Waals surface area (Å²) in [7, 11) is 0. The van der Waals surface area contributed by atoms with Crippen molar-refractivity contribution in [2.75, 3.05) is 0 Å². The topological polar surface area (TPSA) is 86.9 Å². The molecule has 0 fully saturated rings. The van der Waals surface area contributed by atoms with Crippen LogP contribution in [0.25, 0.3) is 0 Å². The van der Waals surface area contributed by atoms with Crippen LogP contribution >= 0.6 is 0 Å². The molecule has 3 N–H and O–H groups in total. The molecule has 2 rings (SSSR count). The van der Waals surface area contributed by atoms with Gasteiger partial charge in [-0.3, -0.25) is 20.4 Å². The van der Waals surface area contributed by atoms with Crippen LogP contribution in [0.4, 0.5) is 8.78 Å². The van der Waals surface area contributed by atoms with Crippen LogP contribution in [0.1, 0.15) is 33.3 Å². The first-order chi connectivity index (χ1) is 9.88. The van der Waals surface area contributed by atoms with Crippen molar-refractivity contribution >= 4 is 11.8 Å². The Kier molecular flexibility index (Phi) is 3.97. The van der Waals surface area contributed by atoms with Gasteiger partial charge in [0, 0.05) is 18.1 Å². The van der Waals surface area contributed by atoms with E-state index < -0.39 is 17.7 Å². The molecule has 0 unspecified atom stereocenters. The summed E-state index contributed by atoms with van der Waals surface area (Å²) in [6.07, 6.45) is 2.59. The lowest BCUT2D eigenvalue weighted by Gasteiger charge is -2.12. The van der Waals surface area contributed by atoms with E-state index in [9.17, 15) is 18.4 Å². The molecule has 21 heavy (non-hydrogen) atoms. The highest BCUT2D eigenvalue weighted by molar-refractivity contribution is 5.98. The SMILES string of the molecule is CC(F)(F)c1cccc(C(=O)NNC(=O)c2cnc[nH]2)c1. The van der Waals surface area contributed by atoms with Crippen LogP contribution in [0, 0.1) is 0 Å². The number of amides is 2. The molecule has 110 valence electrons. The molecule has 0 saturated heterocycles. The molecular weight excluding hydrogens is 282 g/mol. The number of alkyl halides is 2. The molecule has 8 heteroatoms. The molecule has 6 nitrogen and oxygen atoms in total. The van der Waals surface area contributed by atoms with Crippen molar-refractivity contribution < 1.29 is 18.4 Å². The predicted molar refractivity (Wildman–Crippen MR) is 69.5 cm³/mol. The number of nitrogens with one attached hydrogen (secondary N) is 3. The molecule has 0 saturated carbocycles. The Labute approximate surface area is 118 Å². The van der Waals surface area contributed by atoms with Gasteiger partial charge in [-0.25, -0.2) is 13.8 Å². The van der Waals surface area contributed by atoms with Gasteiger partial charge in [0.15, 0.2) is 0 Å². The Morgan fingerprint density at radius 1 is 1.24 bits per heavy atom. The molecule has 0 spiro atoms. The van der Waals surface area contributed by atoms with Crippen molar-refractivity contribution in [3.63, 3.8) is 0 Å². The molecule has 0 aliphatic carbocycles. The number of benzene rings is 1. The van der Waals surface area contributed by atoms with E-state index in [0.717, 1.165) is 13.0 Å². The van der Waals surface area contributed by atoms with Crippen molar-refractivity contribution in [1.82, 2.24) is 20.8 Å². The molecular formula is C13H12F2N4O2. The second-order valence-corrected chi connectivity index (χ2v) is 4.34. The number of rotatable bonds is 3. The monoisotopic (exact) mass is 294 g/mol. The highest BCUT2D eigenvalue weighted by Crippen LogP contribution is 2.27. The van der Waals surface area contributed by atoms with Crippen LogP contribution in [-0.2, 0) is 5.92 Å². The normalized spacial score (nSPS) is 11.0. The van der Waals surface area contributed by atoms with Crippen molar-refractivity contribution in [3.8, 4) is 0 Å². The zero-order valence-corrected chi connectivity index (χ0v) is 11.0. The van der Waals surface area contributed by atoms with Gasteiger partial charge >= 0.3 is 0 Å². The lowest BCUT2D eigenvalue weighted by atomic mass is 10.1. The highest BCUT2D eigenvalue weighted by atomic mass is 19.3. The summed E-state index contributed by atoms with van der Waals surface area (Å²) >= 11 is 0. The van der Waals surface area contributed by atoms with E-state index in [0.29, 0.717) is 0 Å². The van der Waals surface area contributed by atoms with Crippen LogP contribution in [0.15, 0.2) is 36.8 Å². The molecule has 2 aromatic rings. The van der Waals surface area contributed by atoms with Gasteiger partial charge in [-0.2, -0.15) is 0 Å². The predicted octanol–water partition coefficient (Wildman–Crippen LogP) is 1.60. The minimum Gasteiger partial charge on any atom is -0.341 e. The minimum atomic E-state index is -3.05. The van der Waals surface area contributed by atoms with Gasteiger partial charge in [-0.15, -0.1) is 0 Å². The molecule has 1 aromatic heterocycles. The van der Waals surface area contributed by atoms with E-state index in [4.69, 9.17) is 0 Å². The Hall–Kier alpha value is -2.77. The van der Waals surface area contributed by atoms with Gasteiger partial charge in [-0.1, -0.05) is 12.1 Å². The second-order valence-electron chi connectivity index (χ2n) is 4.34. The minimum absolute atomic E-state index is 0.0129. The summed E-state index contributed by atoms with van der Waals surface area (Å²) in [4.78, 5) is 29.6. The molecule has 1 aromatic carbocycles. The third-order valence-electron chi connectivity index (χ3n) is 2.66. The van der Waals surface area contributed by atoms with Crippen molar-refractivity contribution in [3.05, 3.63) is 53.6 Å². The van der Waals surface area contributed by atoms with Gasteiger partial charge in [-0.05, 0) is 12.1 Å². The Morgan fingerprint density at radius 3 is 2.57 bits per heavy atom. The Bertz CT molecular complexity index is 650. The number of hydrogen-bond donors (Lipinski definition) is 3. The first kappa shape index (κ1) is 14.6. The lowest BCUT2D eigenvalue weighted by molar-refractivity contribution is 0.0174. The average molecular weight is 294 g/mol. The van der Waals surface area contributed by atoms with Crippen LogP contribution in [0.2, 0.25) is 0 Å². The summed E-state index contributed by atoms with van der Waals surface area (Å²) < 4.78 is 26.4. The number of H-pyrrole nitrogens is 1. The number of nitrogens with zero attached hydrogens (tertiary/aromatic N) is 1. The van der Waals surface area contributed by atoms with Crippen LogP contribution < -0.4 is 10.9 Å². The number of hydrazine groups is 1. The molecule has 0 radical (unpaired) electrons. The van der Waals surface area contributed by atoms with Gasteiger partial charge in [0.25, 0.3) is 17.7 Å². The third kappa shape index (κ3) is 3.62. The number of carbonyl (C=O) groups excluding carboxylic acids is 2. The molecule has 2 amide bonds. The zero-order valence-electron chi connectivity index (χ0n) is 11.0. The summed E-state index contributed by atoms with van der Waals surface area (Å²) in [6.45, 7) is 0.740. The summed E-state index contributed by atoms with van der Waals surface area (Å²) in [6, 6.07) is 5.00. The quantitative estimate of drug-likeness (QED) is 0.751. The van der Waals surface area contributed by atoms with Gasteiger partial charge in [0.1, 0.15) is 5.69 Å². The summed E-state index contributed by atoms with van der Waals surface area (Å²) in [5.74, 6) is -4.35. The summed E-state index contributed by atoms with van der Waals surface area (Å²) in [5.41, 5.74) is 4.17. The highest BCUT2D eigenvalue weighted by Gasteiger charge is 2.25. The molecule has 0 aliphatic heterocycles. The van der Waals surface area contributed by atoms with E-state index >= 15 is 0 Å². The van der Waals surface area contributed by atoms with Crippen LogP contribution in [0.3, 0.4) is 0 Å². The number of imidazole rings is 1. The third-order valence-corrected chi connectivity index (χ3v) is 2.66. The standard InChI is InChI=1S/C13H12F2N4O2/c1-13(14,15)9-4-2-3-8(5-9)11(20)18-19-12(21)10-6-16-7-17-10/h2-7H,1H3,(H,16,17)(H,18,20)(H,19,21). The van der Waals surface area contributed by atoms with E-state index in [-0.39, 0.29) is 16.8 Å².